The molecule has 0 fully saturated rings. The van der Waals surface area contributed by atoms with Gasteiger partial charge in [0.15, 0.2) is 5.01 Å². The van der Waals surface area contributed by atoms with E-state index < -0.39 is 5.91 Å². The van der Waals surface area contributed by atoms with E-state index in [2.05, 4.69) is 15.1 Å². The summed E-state index contributed by atoms with van der Waals surface area (Å²) in [7, 11) is 0. The molecule has 0 aliphatic rings. The number of rotatable bonds is 1. The SMILES string of the molecule is Nc1ncn(C(=O)c2nc3ccc(F)cc3s2)n1. The van der Waals surface area contributed by atoms with Crippen LogP contribution in [-0.4, -0.2) is 25.7 Å². The van der Waals surface area contributed by atoms with Crippen molar-refractivity contribution >= 4 is 33.4 Å². The van der Waals surface area contributed by atoms with Crippen molar-refractivity contribution in [3.05, 3.63) is 35.4 Å². The minimum Gasteiger partial charge on any atom is -0.366 e. The number of nitrogens with two attached hydrogens (primary N) is 1. The maximum Gasteiger partial charge on any atom is 0.308 e. The number of anilines is 1. The Kier molecular flexibility index (Phi) is 2.30. The van der Waals surface area contributed by atoms with Crippen LogP contribution in [0.2, 0.25) is 0 Å². The van der Waals surface area contributed by atoms with Crippen molar-refractivity contribution in [3.63, 3.8) is 0 Å². The number of carbonyl (C=O) groups is 1. The van der Waals surface area contributed by atoms with E-state index in [-0.39, 0.29) is 16.8 Å². The highest BCUT2D eigenvalue weighted by Crippen LogP contribution is 2.23. The zero-order valence-electron chi connectivity index (χ0n) is 8.87. The van der Waals surface area contributed by atoms with Crippen LogP contribution in [-0.2, 0) is 0 Å². The maximum atomic E-state index is 13.0. The average molecular weight is 263 g/mol. The first-order valence-electron chi connectivity index (χ1n) is 4.91. The molecule has 2 N–H and O–H groups in total. The second-order valence-electron chi connectivity index (χ2n) is 3.48. The number of carbonyl (C=O) groups excluding carboxylic acids is 1. The van der Waals surface area contributed by atoms with Gasteiger partial charge in [-0.2, -0.15) is 4.68 Å². The molecule has 0 amide bonds. The summed E-state index contributed by atoms with van der Waals surface area (Å²) in [4.78, 5) is 19.7. The van der Waals surface area contributed by atoms with Crippen molar-refractivity contribution < 1.29 is 9.18 Å². The summed E-state index contributed by atoms with van der Waals surface area (Å²) in [5, 5.41) is 3.91. The molecule has 0 aliphatic carbocycles. The molecular formula is C10H6FN5OS. The van der Waals surface area contributed by atoms with Crippen LogP contribution < -0.4 is 5.73 Å². The van der Waals surface area contributed by atoms with Crippen LogP contribution in [0.25, 0.3) is 10.2 Å². The van der Waals surface area contributed by atoms with E-state index in [4.69, 9.17) is 5.73 Å². The molecule has 0 bridgehead atoms. The molecule has 2 heterocycles. The first-order valence-corrected chi connectivity index (χ1v) is 5.73. The number of thiazole rings is 1. The molecule has 0 aliphatic heterocycles. The van der Waals surface area contributed by atoms with Crippen LogP contribution in [0, 0.1) is 5.82 Å². The lowest BCUT2D eigenvalue weighted by molar-refractivity contribution is 0.0945. The molecule has 18 heavy (non-hydrogen) atoms. The third kappa shape index (κ3) is 1.72. The molecule has 0 saturated carbocycles. The van der Waals surface area contributed by atoms with Crippen molar-refractivity contribution in [2.45, 2.75) is 0 Å². The standard InChI is InChI=1S/C10H6FN5OS/c11-5-1-2-6-7(3-5)18-8(14-6)9(17)16-4-13-10(12)15-16/h1-4H,(H2,12,15). The van der Waals surface area contributed by atoms with Crippen LogP contribution in [0.3, 0.4) is 0 Å². The Bertz CT molecular complexity index is 750. The van der Waals surface area contributed by atoms with Gasteiger partial charge in [0, 0.05) is 0 Å². The van der Waals surface area contributed by atoms with Crippen molar-refractivity contribution in [1.82, 2.24) is 19.7 Å². The van der Waals surface area contributed by atoms with Crippen molar-refractivity contribution in [2.24, 2.45) is 0 Å². The van der Waals surface area contributed by atoms with Crippen molar-refractivity contribution in [2.75, 3.05) is 5.73 Å². The van der Waals surface area contributed by atoms with E-state index in [0.29, 0.717) is 10.2 Å². The monoisotopic (exact) mass is 263 g/mol. The number of nitrogen functional groups attached to an aromatic ring is 1. The predicted octanol–water partition coefficient (Wildman–Crippen LogP) is 1.30. The molecule has 0 saturated heterocycles. The highest BCUT2D eigenvalue weighted by molar-refractivity contribution is 7.20. The second kappa shape index (κ2) is 3.84. The Morgan fingerprint density at radius 2 is 2.28 bits per heavy atom. The van der Waals surface area contributed by atoms with Gasteiger partial charge >= 0.3 is 5.91 Å². The lowest BCUT2D eigenvalue weighted by Gasteiger charge is -1.92. The van der Waals surface area contributed by atoms with E-state index in [1.54, 1.807) is 0 Å². The average Bonchev–Trinajstić information content (AvgIpc) is 2.93. The highest BCUT2D eigenvalue weighted by atomic mass is 32.1. The summed E-state index contributed by atoms with van der Waals surface area (Å²) in [5.41, 5.74) is 5.90. The van der Waals surface area contributed by atoms with E-state index in [1.807, 2.05) is 0 Å². The third-order valence-electron chi connectivity index (χ3n) is 2.25. The molecule has 3 rings (SSSR count). The molecule has 1 aromatic carbocycles. The summed E-state index contributed by atoms with van der Waals surface area (Å²) in [6, 6.07) is 4.15. The Hall–Kier alpha value is -2.35. The molecular weight excluding hydrogens is 257 g/mol. The number of nitrogens with zero attached hydrogens (tertiary/aromatic N) is 4. The van der Waals surface area contributed by atoms with Gasteiger partial charge < -0.3 is 5.73 Å². The molecule has 8 heteroatoms. The van der Waals surface area contributed by atoms with Gasteiger partial charge in [0.05, 0.1) is 10.2 Å². The largest absolute Gasteiger partial charge is 0.366 e. The fourth-order valence-electron chi connectivity index (χ4n) is 1.46. The summed E-state index contributed by atoms with van der Waals surface area (Å²) in [5.74, 6) is -0.800. The number of hydrogen-bond donors (Lipinski definition) is 1. The first kappa shape index (κ1) is 10.8. The van der Waals surface area contributed by atoms with E-state index in [9.17, 15) is 9.18 Å². The predicted molar refractivity (Wildman–Crippen MR) is 63.7 cm³/mol. The lowest BCUT2D eigenvalue weighted by atomic mass is 10.3. The Morgan fingerprint density at radius 3 is 3.00 bits per heavy atom. The maximum absolute atomic E-state index is 13.0. The molecule has 0 spiro atoms. The normalized spacial score (nSPS) is 10.9. The quantitative estimate of drug-likeness (QED) is 0.715. The summed E-state index contributed by atoms with van der Waals surface area (Å²) >= 11 is 1.09. The van der Waals surface area contributed by atoms with Crippen LogP contribution in [0.1, 0.15) is 9.80 Å². The molecule has 90 valence electrons. The van der Waals surface area contributed by atoms with Gasteiger partial charge in [-0.25, -0.2) is 14.4 Å². The zero-order valence-corrected chi connectivity index (χ0v) is 9.69. The van der Waals surface area contributed by atoms with Crippen LogP contribution >= 0.6 is 11.3 Å². The number of halogens is 1. The number of benzene rings is 1. The number of fused-ring (bicyclic) bond motifs is 1. The zero-order chi connectivity index (χ0) is 12.7. The molecule has 0 atom stereocenters. The first-order chi connectivity index (χ1) is 8.63. The Balaban J connectivity index is 2.06. The van der Waals surface area contributed by atoms with Crippen LogP contribution in [0.5, 0.6) is 0 Å². The fraction of sp³-hybridized carbons (Fsp3) is 0. The number of hydrogen-bond acceptors (Lipinski definition) is 6. The van der Waals surface area contributed by atoms with Gasteiger partial charge in [0.25, 0.3) is 0 Å². The van der Waals surface area contributed by atoms with Gasteiger partial charge in [0.2, 0.25) is 5.95 Å². The van der Waals surface area contributed by atoms with Gasteiger partial charge in [-0.15, -0.1) is 16.4 Å². The molecule has 2 aromatic heterocycles. The molecule has 3 aromatic rings. The number of aromatic nitrogens is 4. The van der Waals surface area contributed by atoms with E-state index >= 15 is 0 Å². The Labute approximate surface area is 104 Å². The van der Waals surface area contributed by atoms with E-state index in [1.165, 1.54) is 24.5 Å². The highest BCUT2D eigenvalue weighted by Gasteiger charge is 2.15. The molecule has 6 nitrogen and oxygen atoms in total. The lowest BCUT2D eigenvalue weighted by Crippen LogP contribution is -2.12. The topological polar surface area (TPSA) is 86.7 Å². The van der Waals surface area contributed by atoms with Gasteiger partial charge in [-0.05, 0) is 18.2 Å². The molecule has 0 radical (unpaired) electrons. The van der Waals surface area contributed by atoms with Crippen LogP contribution in [0.15, 0.2) is 24.5 Å². The second-order valence-corrected chi connectivity index (χ2v) is 4.51. The van der Waals surface area contributed by atoms with Crippen molar-refractivity contribution in [3.8, 4) is 0 Å². The van der Waals surface area contributed by atoms with Gasteiger partial charge in [0.1, 0.15) is 12.1 Å². The van der Waals surface area contributed by atoms with E-state index in [0.717, 1.165) is 16.0 Å². The van der Waals surface area contributed by atoms with Gasteiger partial charge in [-0.1, -0.05) is 0 Å². The minimum atomic E-state index is -0.444. The van der Waals surface area contributed by atoms with Crippen LogP contribution in [0.4, 0.5) is 10.3 Å². The van der Waals surface area contributed by atoms with Gasteiger partial charge in [-0.3, -0.25) is 4.79 Å². The Morgan fingerprint density at radius 1 is 1.44 bits per heavy atom. The summed E-state index contributed by atoms with van der Waals surface area (Å²) in [6.07, 6.45) is 1.21. The fourth-order valence-corrected chi connectivity index (χ4v) is 2.38. The third-order valence-corrected chi connectivity index (χ3v) is 3.26. The summed E-state index contributed by atoms with van der Waals surface area (Å²) < 4.78 is 14.6. The smallest absolute Gasteiger partial charge is 0.308 e. The minimum absolute atomic E-state index is 0.00973. The van der Waals surface area contributed by atoms with Crippen molar-refractivity contribution in [1.29, 1.82) is 0 Å². The molecule has 0 unspecified atom stereocenters. The summed E-state index contributed by atoms with van der Waals surface area (Å²) in [6.45, 7) is 0.